The molecule has 0 aliphatic carbocycles. The molecule has 0 atom stereocenters. The largest absolute Gasteiger partial charge is 0.353 e. The third-order valence-electron chi connectivity index (χ3n) is 2.71. The molecule has 22 heavy (non-hydrogen) atoms. The molecule has 0 bridgehead atoms. The Morgan fingerprint density at radius 1 is 1.27 bits per heavy atom. The summed E-state index contributed by atoms with van der Waals surface area (Å²) in [4.78, 5) is 13.0. The summed E-state index contributed by atoms with van der Waals surface area (Å²) >= 11 is 5.82. The molecule has 0 spiro atoms. The van der Waals surface area contributed by atoms with E-state index in [0.29, 0.717) is 17.4 Å². The van der Waals surface area contributed by atoms with Crippen LogP contribution in [0.1, 0.15) is 6.92 Å². The van der Waals surface area contributed by atoms with Crippen LogP contribution in [-0.2, 0) is 11.3 Å². The molecule has 7 nitrogen and oxygen atoms in total. The predicted octanol–water partition coefficient (Wildman–Crippen LogP) is 1.14. The number of halogens is 2. The van der Waals surface area contributed by atoms with Gasteiger partial charge in [0, 0.05) is 23.7 Å². The number of carbonyl (C=O) groups is 1. The number of carbonyl (C=O) groups excluding carboxylic acids is 1. The van der Waals surface area contributed by atoms with Gasteiger partial charge in [-0.3, -0.25) is 4.79 Å². The van der Waals surface area contributed by atoms with Crippen molar-refractivity contribution in [2.24, 2.45) is 0 Å². The second-order valence-corrected chi connectivity index (χ2v) is 4.79. The highest BCUT2D eigenvalue weighted by atomic mass is 35.5. The molecular formula is C13H18Cl2N6O. The van der Waals surface area contributed by atoms with Gasteiger partial charge in [-0.2, -0.15) is 4.80 Å². The van der Waals surface area contributed by atoms with Crippen LogP contribution in [0.15, 0.2) is 24.3 Å². The van der Waals surface area contributed by atoms with Crippen LogP contribution < -0.4 is 10.6 Å². The van der Waals surface area contributed by atoms with Crippen molar-refractivity contribution in [2.75, 3.05) is 19.6 Å². The third kappa shape index (κ3) is 5.59. The molecule has 0 saturated heterocycles. The van der Waals surface area contributed by atoms with E-state index in [9.17, 15) is 4.79 Å². The van der Waals surface area contributed by atoms with Gasteiger partial charge < -0.3 is 10.6 Å². The second-order valence-electron chi connectivity index (χ2n) is 4.35. The van der Waals surface area contributed by atoms with Crippen LogP contribution >= 0.6 is 24.0 Å². The first-order valence-corrected chi connectivity index (χ1v) is 7.08. The van der Waals surface area contributed by atoms with Gasteiger partial charge in [0.05, 0.1) is 0 Å². The Balaban J connectivity index is 0.00000242. The van der Waals surface area contributed by atoms with Gasteiger partial charge in [-0.05, 0) is 36.0 Å². The van der Waals surface area contributed by atoms with Crippen LogP contribution in [0.2, 0.25) is 5.02 Å². The first kappa shape index (κ1) is 18.3. The van der Waals surface area contributed by atoms with Crippen LogP contribution in [0.25, 0.3) is 11.4 Å². The molecule has 1 amide bonds. The standard InChI is InChI=1S/C13H17ClN6O.ClH/c1-2-15-7-8-16-12(21)9-20-18-13(17-19-20)10-3-5-11(14)6-4-10;/h3-6,15H,2,7-9H2,1H3,(H,16,21);1H. The van der Waals surface area contributed by atoms with Crippen LogP contribution in [0.4, 0.5) is 0 Å². The lowest BCUT2D eigenvalue weighted by molar-refractivity contribution is -0.122. The number of aromatic nitrogens is 4. The highest BCUT2D eigenvalue weighted by molar-refractivity contribution is 6.30. The molecule has 1 aromatic carbocycles. The molecule has 0 aliphatic rings. The van der Waals surface area contributed by atoms with Crippen LogP contribution in [-0.4, -0.2) is 45.7 Å². The van der Waals surface area contributed by atoms with Gasteiger partial charge in [0.1, 0.15) is 6.54 Å². The summed E-state index contributed by atoms with van der Waals surface area (Å²) in [6, 6.07) is 7.12. The molecule has 0 fully saturated rings. The van der Waals surface area contributed by atoms with Crippen LogP contribution in [0.5, 0.6) is 0 Å². The van der Waals surface area contributed by atoms with E-state index in [2.05, 4.69) is 26.0 Å². The van der Waals surface area contributed by atoms with Crippen LogP contribution in [0, 0.1) is 0 Å². The molecule has 2 rings (SSSR count). The van der Waals surface area contributed by atoms with E-state index in [1.165, 1.54) is 4.80 Å². The van der Waals surface area contributed by atoms with Gasteiger partial charge in [-0.1, -0.05) is 18.5 Å². The van der Waals surface area contributed by atoms with Gasteiger partial charge in [-0.25, -0.2) is 0 Å². The van der Waals surface area contributed by atoms with Crippen LogP contribution in [0.3, 0.4) is 0 Å². The Bertz CT molecular complexity index is 586. The van der Waals surface area contributed by atoms with Gasteiger partial charge in [0.15, 0.2) is 0 Å². The first-order chi connectivity index (χ1) is 10.2. The normalized spacial score (nSPS) is 10.1. The highest BCUT2D eigenvalue weighted by Crippen LogP contribution is 2.16. The average Bonchev–Trinajstić information content (AvgIpc) is 2.93. The topological polar surface area (TPSA) is 84.7 Å². The molecule has 2 aromatic rings. The van der Waals surface area contributed by atoms with Crippen molar-refractivity contribution in [1.82, 2.24) is 30.8 Å². The maximum atomic E-state index is 11.7. The summed E-state index contributed by atoms with van der Waals surface area (Å²) in [5, 5.41) is 18.5. The number of amides is 1. The average molecular weight is 345 g/mol. The number of likely N-dealkylation sites (N-methyl/N-ethyl adjacent to an activating group) is 1. The minimum Gasteiger partial charge on any atom is -0.353 e. The molecule has 0 radical (unpaired) electrons. The van der Waals surface area contributed by atoms with Crippen molar-refractivity contribution in [1.29, 1.82) is 0 Å². The lowest BCUT2D eigenvalue weighted by Crippen LogP contribution is -2.34. The van der Waals surface area contributed by atoms with E-state index in [1.807, 2.05) is 6.92 Å². The summed E-state index contributed by atoms with van der Waals surface area (Å²) in [6.07, 6.45) is 0. The minimum atomic E-state index is -0.145. The molecule has 0 aliphatic heterocycles. The Morgan fingerprint density at radius 3 is 2.68 bits per heavy atom. The molecule has 120 valence electrons. The molecule has 2 N–H and O–H groups in total. The SMILES string of the molecule is CCNCCNC(=O)Cn1nnc(-c2ccc(Cl)cc2)n1.Cl. The lowest BCUT2D eigenvalue weighted by atomic mass is 10.2. The number of benzene rings is 1. The van der Waals surface area contributed by atoms with Gasteiger partial charge in [0.2, 0.25) is 11.7 Å². The summed E-state index contributed by atoms with van der Waals surface area (Å²) in [6.45, 7) is 4.26. The summed E-state index contributed by atoms with van der Waals surface area (Å²) in [5.41, 5.74) is 0.804. The third-order valence-corrected chi connectivity index (χ3v) is 2.97. The Morgan fingerprint density at radius 2 is 2.00 bits per heavy atom. The van der Waals surface area contributed by atoms with E-state index >= 15 is 0 Å². The van der Waals surface area contributed by atoms with E-state index in [1.54, 1.807) is 24.3 Å². The molecule has 0 unspecified atom stereocenters. The predicted molar refractivity (Wildman–Crippen MR) is 87.1 cm³/mol. The number of tetrazole rings is 1. The summed E-state index contributed by atoms with van der Waals surface area (Å²) in [5.74, 6) is 0.320. The fraction of sp³-hybridized carbons (Fsp3) is 0.385. The zero-order chi connectivity index (χ0) is 15.1. The zero-order valence-corrected chi connectivity index (χ0v) is 13.7. The van der Waals surface area contributed by atoms with Crippen molar-refractivity contribution >= 4 is 29.9 Å². The Kier molecular flexibility index (Phi) is 7.79. The number of nitrogens with zero attached hydrogens (tertiary/aromatic N) is 4. The first-order valence-electron chi connectivity index (χ1n) is 6.70. The Hall–Kier alpha value is -1.70. The molecule has 0 saturated carbocycles. The number of hydrogen-bond donors (Lipinski definition) is 2. The monoisotopic (exact) mass is 344 g/mol. The van der Waals surface area contributed by atoms with E-state index in [-0.39, 0.29) is 24.9 Å². The van der Waals surface area contributed by atoms with E-state index < -0.39 is 0 Å². The second kappa shape index (κ2) is 9.34. The molecule has 9 heteroatoms. The van der Waals surface area contributed by atoms with E-state index in [0.717, 1.165) is 18.7 Å². The number of hydrogen-bond acceptors (Lipinski definition) is 5. The Labute approximate surface area is 139 Å². The minimum absolute atomic E-state index is 0. The maximum absolute atomic E-state index is 11.7. The van der Waals surface area contributed by atoms with Crippen molar-refractivity contribution in [3.05, 3.63) is 29.3 Å². The van der Waals surface area contributed by atoms with Gasteiger partial charge in [-0.15, -0.1) is 22.6 Å². The van der Waals surface area contributed by atoms with Crippen molar-refractivity contribution in [2.45, 2.75) is 13.5 Å². The van der Waals surface area contributed by atoms with Crippen molar-refractivity contribution in [3.63, 3.8) is 0 Å². The maximum Gasteiger partial charge on any atom is 0.243 e. The fourth-order valence-corrected chi connectivity index (χ4v) is 1.80. The van der Waals surface area contributed by atoms with Crippen molar-refractivity contribution < 1.29 is 4.79 Å². The lowest BCUT2D eigenvalue weighted by Gasteiger charge is -2.04. The van der Waals surface area contributed by atoms with Gasteiger partial charge >= 0.3 is 0 Å². The quantitative estimate of drug-likeness (QED) is 0.735. The smallest absolute Gasteiger partial charge is 0.243 e. The number of rotatable bonds is 7. The molecular weight excluding hydrogens is 327 g/mol. The van der Waals surface area contributed by atoms with Gasteiger partial charge in [0.25, 0.3) is 0 Å². The summed E-state index contributed by atoms with van der Waals surface area (Å²) < 4.78 is 0. The highest BCUT2D eigenvalue weighted by Gasteiger charge is 2.08. The number of nitrogens with one attached hydrogen (secondary N) is 2. The van der Waals surface area contributed by atoms with E-state index in [4.69, 9.17) is 11.6 Å². The summed E-state index contributed by atoms with van der Waals surface area (Å²) in [7, 11) is 0. The van der Waals surface area contributed by atoms with Crippen molar-refractivity contribution in [3.8, 4) is 11.4 Å². The fourth-order valence-electron chi connectivity index (χ4n) is 1.68. The molecule has 1 aromatic heterocycles. The molecule has 1 heterocycles. The zero-order valence-electron chi connectivity index (χ0n) is 12.1.